The highest BCUT2D eigenvalue weighted by atomic mass is 16.6. The van der Waals surface area contributed by atoms with E-state index in [-0.39, 0.29) is 11.6 Å². The number of rotatable bonds is 3. The molecule has 4 heteroatoms. The number of hydrogen-bond acceptors (Lipinski definition) is 4. The van der Waals surface area contributed by atoms with Gasteiger partial charge in [0.15, 0.2) is 6.10 Å². The van der Waals surface area contributed by atoms with Crippen LogP contribution in [0, 0.1) is 0 Å². The van der Waals surface area contributed by atoms with Crippen LogP contribution in [-0.2, 0) is 9.53 Å². The van der Waals surface area contributed by atoms with Crippen LogP contribution in [0.2, 0.25) is 0 Å². The summed E-state index contributed by atoms with van der Waals surface area (Å²) < 4.78 is 5.55. The van der Waals surface area contributed by atoms with Crippen molar-refractivity contribution in [3.05, 3.63) is 35.9 Å². The van der Waals surface area contributed by atoms with Crippen molar-refractivity contribution in [2.24, 2.45) is 0 Å². The van der Waals surface area contributed by atoms with Gasteiger partial charge in [0, 0.05) is 18.0 Å². The molecule has 0 aliphatic carbocycles. The van der Waals surface area contributed by atoms with Crippen LogP contribution in [0.3, 0.4) is 0 Å². The Morgan fingerprint density at radius 2 is 2.00 bits per heavy atom. The van der Waals surface area contributed by atoms with Gasteiger partial charge in [-0.05, 0) is 39.8 Å². The van der Waals surface area contributed by atoms with Crippen molar-refractivity contribution < 1.29 is 14.6 Å². The largest absolute Gasteiger partial charge is 0.460 e. The number of esters is 1. The number of ether oxygens (including phenoxy) is 1. The van der Waals surface area contributed by atoms with Crippen LogP contribution in [0.1, 0.15) is 45.3 Å². The minimum Gasteiger partial charge on any atom is -0.460 e. The van der Waals surface area contributed by atoms with Gasteiger partial charge in [0.25, 0.3) is 0 Å². The first-order chi connectivity index (χ1) is 9.81. The Morgan fingerprint density at radius 1 is 1.38 bits per heavy atom. The summed E-state index contributed by atoms with van der Waals surface area (Å²) in [5.41, 5.74) is 0.558. The van der Waals surface area contributed by atoms with Gasteiger partial charge in [-0.2, -0.15) is 0 Å². The van der Waals surface area contributed by atoms with Crippen molar-refractivity contribution in [1.29, 1.82) is 0 Å². The molecule has 3 atom stereocenters. The highest BCUT2D eigenvalue weighted by Gasteiger charge is 2.38. The SMILES string of the molecule is C[C@@H]1C[C@H](OC(=O)[C@H](O)c2ccccc2)CC(C)(C)N1C. The molecule has 0 radical (unpaired) electrons. The quantitative estimate of drug-likeness (QED) is 0.869. The zero-order valence-corrected chi connectivity index (χ0v) is 13.2. The van der Waals surface area contributed by atoms with Gasteiger partial charge in [-0.25, -0.2) is 4.79 Å². The van der Waals surface area contributed by atoms with E-state index in [1.54, 1.807) is 24.3 Å². The van der Waals surface area contributed by atoms with E-state index in [9.17, 15) is 9.90 Å². The highest BCUT2D eigenvalue weighted by Crippen LogP contribution is 2.32. The number of likely N-dealkylation sites (tertiary alicyclic amines) is 1. The molecule has 0 unspecified atom stereocenters. The number of carbonyl (C=O) groups is 1. The Labute approximate surface area is 126 Å². The van der Waals surface area contributed by atoms with E-state index in [0.29, 0.717) is 11.6 Å². The Balaban J connectivity index is 2.00. The highest BCUT2D eigenvalue weighted by molar-refractivity contribution is 5.76. The molecule has 0 bridgehead atoms. The maximum absolute atomic E-state index is 12.1. The van der Waals surface area contributed by atoms with Crippen LogP contribution < -0.4 is 0 Å². The third-order valence-electron chi connectivity index (χ3n) is 4.57. The van der Waals surface area contributed by atoms with Crippen molar-refractivity contribution in [2.75, 3.05) is 7.05 Å². The lowest BCUT2D eigenvalue weighted by atomic mass is 9.85. The summed E-state index contributed by atoms with van der Waals surface area (Å²) in [6, 6.07) is 9.25. The third kappa shape index (κ3) is 3.63. The summed E-state index contributed by atoms with van der Waals surface area (Å²) in [6.07, 6.45) is 0.232. The number of nitrogens with zero attached hydrogens (tertiary/aromatic N) is 1. The fourth-order valence-corrected chi connectivity index (χ4v) is 3.01. The minimum absolute atomic E-state index is 0.0136. The topological polar surface area (TPSA) is 49.8 Å². The molecule has 1 heterocycles. The van der Waals surface area contributed by atoms with Crippen LogP contribution in [0.5, 0.6) is 0 Å². The molecule has 0 spiro atoms. The van der Waals surface area contributed by atoms with Crippen LogP contribution >= 0.6 is 0 Å². The normalized spacial score (nSPS) is 27.1. The molecule has 1 aliphatic rings. The summed E-state index contributed by atoms with van der Waals surface area (Å²) in [7, 11) is 2.10. The number of aliphatic hydroxyl groups excluding tert-OH is 1. The monoisotopic (exact) mass is 291 g/mol. The molecular weight excluding hydrogens is 266 g/mol. The average molecular weight is 291 g/mol. The number of carbonyl (C=O) groups excluding carboxylic acids is 1. The lowest BCUT2D eigenvalue weighted by molar-refractivity contribution is -0.165. The molecular formula is C17H25NO3. The first kappa shape index (κ1) is 16.0. The summed E-state index contributed by atoms with van der Waals surface area (Å²) in [6.45, 7) is 6.43. The lowest BCUT2D eigenvalue weighted by Crippen LogP contribution is -2.54. The van der Waals surface area contributed by atoms with E-state index in [1.807, 2.05) is 6.07 Å². The van der Waals surface area contributed by atoms with Gasteiger partial charge in [-0.15, -0.1) is 0 Å². The second-order valence-corrected chi connectivity index (χ2v) is 6.58. The van der Waals surface area contributed by atoms with E-state index in [2.05, 4.69) is 32.7 Å². The fraction of sp³-hybridized carbons (Fsp3) is 0.588. The van der Waals surface area contributed by atoms with Gasteiger partial charge in [-0.3, -0.25) is 4.90 Å². The number of aliphatic hydroxyl groups is 1. The molecule has 0 saturated carbocycles. The fourth-order valence-electron chi connectivity index (χ4n) is 3.01. The van der Waals surface area contributed by atoms with Crippen molar-refractivity contribution in [1.82, 2.24) is 4.90 Å². The molecule has 2 rings (SSSR count). The molecule has 1 aliphatic heterocycles. The number of hydrogen-bond donors (Lipinski definition) is 1. The molecule has 116 valence electrons. The van der Waals surface area contributed by atoms with Gasteiger partial charge in [-0.1, -0.05) is 30.3 Å². The summed E-state index contributed by atoms with van der Waals surface area (Å²) >= 11 is 0. The summed E-state index contributed by atoms with van der Waals surface area (Å²) in [5, 5.41) is 10.1. The van der Waals surface area contributed by atoms with Crippen LogP contribution in [-0.4, -0.2) is 40.7 Å². The van der Waals surface area contributed by atoms with Crippen molar-refractivity contribution in [3.8, 4) is 0 Å². The van der Waals surface area contributed by atoms with Gasteiger partial charge < -0.3 is 9.84 Å². The number of piperidine rings is 1. The van der Waals surface area contributed by atoms with Gasteiger partial charge >= 0.3 is 5.97 Å². The minimum atomic E-state index is -1.20. The maximum atomic E-state index is 12.1. The van der Waals surface area contributed by atoms with Gasteiger partial charge in [0.05, 0.1) is 0 Å². The van der Waals surface area contributed by atoms with Gasteiger partial charge in [0.2, 0.25) is 0 Å². The van der Waals surface area contributed by atoms with E-state index in [4.69, 9.17) is 4.74 Å². The van der Waals surface area contributed by atoms with Gasteiger partial charge in [0.1, 0.15) is 6.10 Å². The van der Waals surface area contributed by atoms with Crippen molar-refractivity contribution in [2.45, 2.75) is 57.4 Å². The Kier molecular flexibility index (Phi) is 4.69. The second-order valence-electron chi connectivity index (χ2n) is 6.58. The predicted octanol–water partition coefficient (Wildman–Crippen LogP) is 2.52. The molecule has 1 saturated heterocycles. The van der Waals surface area contributed by atoms with Crippen molar-refractivity contribution >= 4 is 5.97 Å². The zero-order valence-electron chi connectivity index (χ0n) is 13.2. The smallest absolute Gasteiger partial charge is 0.339 e. The maximum Gasteiger partial charge on any atom is 0.339 e. The van der Waals surface area contributed by atoms with E-state index >= 15 is 0 Å². The van der Waals surface area contributed by atoms with Crippen molar-refractivity contribution in [3.63, 3.8) is 0 Å². The van der Waals surface area contributed by atoms with E-state index < -0.39 is 12.1 Å². The molecule has 1 aromatic carbocycles. The Morgan fingerprint density at radius 3 is 2.57 bits per heavy atom. The Bertz CT molecular complexity index is 486. The molecule has 1 aromatic rings. The van der Waals surface area contributed by atoms with E-state index in [0.717, 1.165) is 12.8 Å². The summed E-state index contributed by atoms with van der Waals surface area (Å²) in [4.78, 5) is 14.4. The standard InChI is InChI=1S/C17H25NO3/c1-12-10-14(11-17(2,3)18(12)4)21-16(20)15(19)13-8-6-5-7-9-13/h5-9,12,14-15,19H,10-11H2,1-4H3/t12-,14+,15-/m1/s1. The molecule has 21 heavy (non-hydrogen) atoms. The molecule has 0 aromatic heterocycles. The molecule has 4 nitrogen and oxygen atoms in total. The molecule has 0 amide bonds. The average Bonchev–Trinajstić information content (AvgIpc) is 2.44. The summed E-state index contributed by atoms with van der Waals surface area (Å²) in [5.74, 6) is -0.557. The molecule has 1 fully saturated rings. The number of benzene rings is 1. The van der Waals surface area contributed by atoms with Crippen LogP contribution in [0.4, 0.5) is 0 Å². The predicted molar refractivity (Wildman–Crippen MR) is 81.8 cm³/mol. The van der Waals surface area contributed by atoms with Crippen LogP contribution in [0.15, 0.2) is 30.3 Å². The van der Waals surface area contributed by atoms with Crippen LogP contribution in [0.25, 0.3) is 0 Å². The first-order valence-corrected chi connectivity index (χ1v) is 7.47. The zero-order chi connectivity index (χ0) is 15.6. The van der Waals surface area contributed by atoms with E-state index in [1.165, 1.54) is 0 Å². The second kappa shape index (κ2) is 6.16. The third-order valence-corrected chi connectivity index (χ3v) is 4.57. The first-order valence-electron chi connectivity index (χ1n) is 7.47. The Hall–Kier alpha value is -1.39. The molecule has 1 N–H and O–H groups in total. The lowest BCUT2D eigenvalue weighted by Gasteiger charge is -2.47.